The van der Waals surface area contributed by atoms with E-state index in [-0.39, 0.29) is 0 Å². The van der Waals surface area contributed by atoms with Gasteiger partial charge in [-0.1, -0.05) is 13.8 Å². The monoisotopic (exact) mass is 315 g/mol. The summed E-state index contributed by atoms with van der Waals surface area (Å²) < 4.78 is 10.6. The standard InChI is InChI=1S/C16H29NO3S/c1-14(2)11-20-12-16(18)10-17(6-4-7-19-3)9-15-5-8-21-13-15/h5,8,13-14,16,18H,4,6-7,9-12H2,1-3H3/t16-/m1/s1. The molecule has 0 aliphatic rings. The third kappa shape index (κ3) is 9.22. The minimum atomic E-state index is -0.440. The SMILES string of the molecule is COCCCN(Cc1ccsc1)C[C@@H](O)COCC(C)C. The third-order valence-corrected chi connectivity index (χ3v) is 3.77. The number of rotatable bonds is 12. The molecule has 1 aromatic heterocycles. The Morgan fingerprint density at radius 3 is 2.76 bits per heavy atom. The zero-order valence-corrected chi connectivity index (χ0v) is 14.3. The van der Waals surface area contributed by atoms with E-state index in [2.05, 4.69) is 35.6 Å². The molecule has 0 unspecified atom stereocenters. The first-order chi connectivity index (χ1) is 10.1. The van der Waals surface area contributed by atoms with Crippen molar-refractivity contribution in [1.82, 2.24) is 4.90 Å². The maximum atomic E-state index is 10.1. The summed E-state index contributed by atoms with van der Waals surface area (Å²) in [5.41, 5.74) is 1.30. The van der Waals surface area contributed by atoms with Crippen molar-refractivity contribution in [2.24, 2.45) is 5.92 Å². The smallest absolute Gasteiger partial charge is 0.0900 e. The zero-order valence-electron chi connectivity index (χ0n) is 13.5. The molecule has 0 fully saturated rings. The van der Waals surface area contributed by atoms with Crippen LogP contribution in [0.2, 0.25) is 0 Å². The van der Waals surface area contributed by atoms with Crippen molar-refractivity contribution in [3.05, 3.63) is 22.4 Å². The van der Waals surface area contributed by atoms with E-state index >= 15 is 0 Å². The third-order valence-electron chi connectivity index (χ3n) is 3.04. The first kappa shape index (κ1) is 18.6. The van der Waals surface area contributed by atoms with Gasteiger partial charge >= 0.3 is 0 Å². The molecular weight excluding hydrogens is 286 g/mol. The second kappa shape index (κ2) is 11.2. The van der Waals surface area contributed by atoms with Crippen LogP contribution in [0.1, 0.15) is 25.8 Å². The van der Waals surface area contributed by atoms with E-state index in [9.17, 15) is 5.11 Å². The van der Waals surface area contributed by atoms with Gasteiger partial charge in [0, 0.05) is 40.0 Å². The summed E-state index contributed by atoms with van der Waals surface area (Å²) in [5.74, 6) is 0.501. The highest BCUT2D eigenvalue weighted by atomic mass is 32.1. The Morgan fingerprint density at radius 2 is 2.14 bits per heavy atom. The first-order valence-corrected chi connectivity index (χ1v) is 8.54. The molecule has 0 aliphatic carbocycles. The number of nitrogens with zero attached hydrogens (tertiary/aromatic N) is 1. The van der Waals surface area contributed by atoms with Crippen molar-refractivity contribution in [1.29, 1.82) is 0 Å². The molecule has 1 atom stereocenters. The lowest BCUT2D eigenvalue weighted by molar-refractivity contribution is 0.00582. The van der Waals surface area contributed by atoms with Crippen LogP contribution in [0.5, 0.6) is 0 Å². The predicted molar refractivity (Wildman–Crippen MR) is 87.8 cm³/mol. The van der Waals surface area contributed by atoms with Crippen molar-refractivity contribution in [3.63, 3.8) is 0 Å². The highest BCUT2D eigenvalue weighted by Crippen LogP contribution is 2.10. The van der Waals surface area contributed by atoms with Gasteiger partial charge in [0.2, 0.25) is 0 Å². The first-order valence-electron chi connectivity index (χ1n) is 7.60. The van der Waals surface area contributed by atoms with Gasteiger partial charge in [0.25, 0.3) is 0 Å². The number of aliphatic hydroxyl groups excluding tert-OH is 1. The number of ether oxygens (including phenoxy) is 2. The van der Waals surface area contributed by atoms with E-state index in [0.29, 0.717) is 25.7 Å². The van der Waals surface area contributed by atoms with Crippen LogP contribution in [0.15, 0.2) is 16.8 Å². The fraction of sp³-hybridized carbons (Fsp3) is 0.750. The molecule has 0 spiro atoms. The molecule has 0 aliphatic heterocycles. The number of thiophene rings is 1. The average molecular weight is 315 g/mol. The molecule has 0 amide bonds. The topological polar surface area (TPSA) is 41.9 Å². The molecule has 5 heteroatoms. The molecule has 1 rings (SSSR count). The largest absolute Gasteiger partial charge is 0.389 e. The van der Waals surface area contributed by atoms with Gasteiger partial charge in [-0.05, 0) is 34.7 Å². The minimum Gasteiger partial charge on any atom is -0.389 e. The predicted octanol–water partition coefficient (Wildman–Crippen LogP) is 2.62. The van der Waals surface area contributed by atoms with Crippen LogP contribution in [0.3, 0.4) is 0 Å². The molecule has 0 aromatic carbocycles. The van der Waals surface area contributed by atoms with E-state index < -0.39 is 6.10 Å². The average Bonchev–Trinajstić information content (AvgIpc) is 2.91. The van der Waals surface area contributed by atoms with E-state index in [1.54, 1.807) is 18.4 Å². The molecule has 0 saturated carbocycles. The maximum absolute atomic E-state index is 10.1. The Balaban J connectivity index is 2.35. The number of hydrogen-bond acceptors (Lipinski definition) is 5. The van der Waals surface area contributed by atoms with E-state index in [1.165, 1.54) is 5.56 Å². The van der Waals surface area contributed by atoms with E-state index in [1.807, 2.05) is 0 Å². The molecular formula is C16H29NO3S. The Morgan fingerprint density at radius 1 is 1.33 bits per heavy atom. The van der Waals surface area contributed by atoms with Crippen LogP contribution >= 0.6 is 11.3 Å². The molecule has 0 saturated heterocycles. The molecule has 0 radical (unpaired) electrons. The lowest BCUT2D eigenvalue weighted by Crippen LogP contribution is -2.35. The minimum absolute atomic E-state index is 0.405. The Kier molecular flexibility index (Phi) is 9.87. The normalized spacial score (nSPS) is 13.2. The highest BCUT2D eigenvalue weighted by Gasteiger charge is 2.13. The van der Waals surface area contributed by atoms with Crippen LogP contribution in [0.25, 0.3) is 0 Å². The van der Waals surface area contributed by atoms with Crippen molar-refractivity contribution < 1.29 is 14.6 Å². The number of aliphatic hydroxyl groups is 1. The van der Waals surface area contributed by atoms with Gasteiger partial charge in [0.15, 0.2) is 0 Å². The molecule has 0 bridgehead atoms. The Hall–Kier alpha value is -0.460. The van der Waals surface area contributed by atoms with Crippen LogP contribution in [-0.2, 0) is 16.0 Å². The summed E-state index contributed by atoms with van der Waals surface area (Å²) in [4.78, 5) is 2.27. The Labute approximate surface area is 132 Å². The van der Waals surface area contributed by atoms with Crippen molar-refractivity contribution in [3.8, 4) is 0 Å². The van der Waals surface area contributed by atoms with E-state index in [0.717, 1.165) is 26.1 Å². The summed E-state index contributed by atoms with van der Waals surface area (Å²) in [6, 6.07) is 2.13. The lowest BCUT2D eigenvalue weighted by atomic mass is 10.2. The summed E-state index contributed by atoms with van der Waals surface area (Å²) in [5, 5.41) is 14.4. The van der Waals surface area contributed by atoms with Gasteiger partial charge in [-0.2, -0.15) is 11.3 Å². The van der Waals surface area contributed by atoms with Crippen molar-refractivity contribution >= 4 is 11.3 Å². The molecule has 21 heavy (non-hydrogen) atoms. The van der Waals surface area contributed by atoms with Crippen LogP contribution in [0, 0.1) is 5.92 Å². The molecule has 1 N–H and O–H groups in total. The summed E-state index contributed by atoms with van der Waals surface area (Å²) in [6.45, 7) is 8.50. The second-order valence-corrected chi connectivity index (χ2v) is 6.58. The highest BCUT2D eigenvalue weighted by molar-refractivity contribution is 7.07. The Bertz CT molecular complexity index is 343. The van der Waals surface area contributed by atoms with Gasteiger partial charge in [-0.25, -0.2) is 0 Å². The number of methoxy groups -OCH3 is 1. The number of hydrogen-bond donors (Lipinski definition) is 1. The fourth-order valence-corrected chi connectivity index (χ4v) is 2.76. The van der Waals surface area contributed by atoms with Crippen molar-refractivity contribution in [2.45, 2.75) is 32.9 Å². The molecule has 122 valence electrons. The van der Waals surface area contributed by atoms with Gasteiger partial charge < -0.3 is 14.6 Å². The maximum Gasteiger partial charge on any atom is 0.0900 e. The lowest BCUT2D eigenvalue weighted by Gasteiger charge is -2.25. The van der Waals surface area contributed by atoms with Gasteiger partial charge in [0.05, 0.1) is 12.7 Å². The second-order valence-electron chi connectivity index (χ2n) is 5.80. The summed E-state index contributed by atoms with van der Waals surface area (Å²) in [7, 11) is 1.72. The molecule has 1 aromatic rings. The summed E-state index contributed by atoms with van der Waals surface area (Å²) in [6.07, 6.45) is 0.533. The van der Waals surface area contributed by atoms with Crippen LogP contribution < -0.4 is 0 Å². The van der Waals surface area contributed by atoms with Crippen molar-refractivity contribution in [2.75, 3.05) is 40.0 Å². The molecule has 1 heterocycles. The van der Waals surface area contributed by atoms with Gasteiger partial charge in [-0.3, -0.25) is 4.90 Å². The van der Waals surface area contributed by atoms with E-state index in [4.69, 9.17) is 9.47 Å². The molecule has 4 nitrogen and oxygen atoms in total. The quantitative estimate of drug-likeness (QED) is 0.602. The van der Waals surface area contributed by atoms with Crippen LogP contribution in [0.4, 0.5) is 0 Å². The van der Waals surface area contributed by atoms with Crippen LogP contribution in [-0.4, -0.2) is 56.1 Å². The fourth-order valence-electron chi connectivity index (χ4n) is 2.10. The van der Waals surface area contributed by atoms with Gasteiger partial charge in [0.1, 0.15) is 0 Å². The summed E-state index contributed by atoms with van der Waals surface area (Å²) >= 11 is 1.71. The zero-order chi connectivity index (χ0) is 15.5. The van der Waals surface area contributed by atoms with Gasteiger partial charge in [-0.15, -0.1) is 0 Å².